The van der Waals surface area contributed by atoms with E-state index in [2.05, 4.69) is 0 Å². The lowest BCUT2D eigenvalue weighted by Crippen LogP contribution is -2.37. The van der Waals surface area contributed by atoms with Crippen LogP contribution in [0.5, 0.6) is 0 Å². The monoisotopic (exact) mass is 295 g/mol. The standard InChI is InChI=1S/C11H12Cl3NO2/c1-7-2-3-8(13)6-9(7)15(11(16)17)10(14)4-5-12/h2-3,6,10H,4-5H2,1H3,(H,16,17). The SMILES string of the molecule is Cc1ccc(Cl)cc1N(C(=O)O)C(Cl)CCCl. The molecule has 0 aliphatic carbocycles. The van der Waals surface area contributed by atoms with Crippen molar-refractivity contribution in [1.29, 1.82) is 0 Å². The third-order valence-electron chi connectivity index (χ3n) is 2.26. The molecule has 1 aromatic rings. The maximum atomic E-state index is 11.2. The highest BCUT2D eigenvalue weighted by molar-refractivity contribution is 6.31. The molecule has 0 aliphatic rings. The summed E-state index contributed by atoms with van der Waals surface area (Å²) in [5, 5.41) is 9.66. The van der Waals surface area contributed by atoms with E-state index in [1.54, 1.807) is 25.1 Å². The van der Waals surface area contributed by atoms with Crippen molar-refractivity contribution in [3.8, 4) is 0 Å². The second kappa shape index (κ2) is 6.34. The molecule has 1 rings (SSSR count). The molecule has 94 valence electrons. The van der Waals surface area contributed by atoms with E-state index in [-0.39, 0.29) is 5.88 Å². The number of hydrogen-bond donors (Lipinski definition) is 1. The summed E-state index contributed by atoms with van der Waals surface area (Å²) in [5.41, 5.74) is 0.564. The Hall–Kier alpha value is -0.640. The Kier molecular flexibility index (Phi) is 5.37. The highest BCUT2D eigenvalue weighted by atomic mass is 35.5. The number of amides is 1. The molecule has 6 heteroatoms. The van der Waals surface area contributed by atoms with Crippen LogP contribution >= 0.6 is 34.8 Å². The molecule has 0 saturated heterocycles. The molecule has 3 nitrogen and oxygen atoms in total. The van der Waals surface area contributed by atoms with Gasteiger partial charge in [0.25, 0.3) is 0 Å². The van der Waals surface area contributed by atoms with E-state index in [4.69, 9.17) is 34.8 Å². The summed E-state index contributed by atoms with van der Waals surface area (Å²) in [7, 11) is 0. The van der Waals surface area contributed by atoms with Crippen LogP contribution in [0.15, 0.2) is 18.2 Å². The Morgan fingerprint density at radius 2 is 2.18 bits per heavy atom. The zero-order valence-electron chi connectivity index (χ0n) is 9.16. The van der Waals surface area contributed by atoms with Crippen LogP contribution in [0.2, 0.25) is 5.02 Å². The summed E-state index contributed by atoms with van der Waals surface area (Å²) < 4.78 is 0. The summed E-state index contributed by atoms with van der Waals surface area (Å²) >= 11 is 17.5. The molecule has 1 amide bonds. The van der Waals surface area contributed by atoms with Gasteiger partial charge in [0, 0.05) is 10.9 Å². The minimum atomic E-state index is -1.12. The molecular weight excluding hydrogens is 284 g/mol. The van der Waals surface area contributed by atoms with Crippen LogP contribution < -0.4 is 4.90 Å². The molecule has 0 aromatic heterocycles. The van der Waals surface area contributed by atoms with Gasteiger partial charge in [0.1, 0.15) is 5.50 Å². The second-order valence-electron chi connectivity index (χ2n) is 3.50. The molecule has 1 N–H and O–H groups in total. The average Bonchev–Trinajstić information content (AvgIpc) is 2.23. The van der Waals surface area contributed by atoms with Gasteiger partial charge in [-0.15, -0.1) is 11.6 Å². The maximum absolute atomic E-state index is 11.2. The first-order chi connectivity index (χ1) is 7.97. The number of rotatable bonds is 4. The lowest BCUT2D eigenvalue weighted by Gasteiger charge is -2.25. The largest absolute Gasteiger partial charge is 0.465 e. The topological polar surface area (TPSA) is 40.5 Å². The summed E-state index contributed by atoms with van der Waals surface area (Å²) in [6.07, 6.45) is -0.762. The first-order valence-electron chi connectivity index (χ1n) is 4.95. The van der Waals surface area contributed by atoms with E-state index in [0.717, 1.165) is 10.5 Å². The Labute approximate surface area is 115 Å². The number of alkyl halides is 2. The fraction of sp³-hybridized carbons (Fsp3) is 0.364. The molecule has 0 fully saturated rings. The van der Waals surface area contributed by atoms with Crippen LogP contribution in [0.25, 0.3) is 0 Å². The van der Waals surface area contributed by atoms with E-state index in [0.29, 0.717) is 17.1 Å². The quantitative estimate of drug-likeness (QED) is 0.664. The van der Waals surface area contributed by atoms with Crippen molar-refractivity contribution in [2.75, 3.05) is 10.8 Å². The van der Waals surface area contributed by atoms with E-state index < -0.39 is 11.6 Å². The van der Waals surface area contributed by atoms with Crippen LogP contribution in [0.4, 0.5) is 10.5 Å². The fourth-order valence-electron chi connectivity index (χ4n) is 1.44. The number of benzene rings is 1. The van der Waals surface area contributed by atoms with E-state index in [9.17, 15) is 9.90 Å². The van der Waals surface area contributed by atoms with Crippen molar-refractivity contribution in [3.63, 3.8) is 0 Å². The number of halogens is 3. The van der Waals surface area contributed by atoms with Crippen LogP contribution in [-0.2, 0) is 0 Å². The van der Waals surface area contributed by atoms with Gasteiger partial charge >= 0.3 is 6.09 Å². The van der Waals surface area contributed by atoms with Crippen molar-refractivity contribution in [2.24, 2.45) is 0 Å². The number of nitrogens with zero attached hydrogens (tertiary/aromatic N) is 1. The van der Waals surface area contributed by atoms with Crippen molar-refractivity contribution < 1.29 is 9.90 Å². The molecule has 0 radical (unpaired) electrons. The normalized spacial score (nSPS) is 12.2. The first-order valence-corrected chi connectivity index (χ1v) is 6.30. The molecule has 1 aromatic carbocycles. The van der Waals surface area contributed by atoms with Crippen LogP contribution in [0, 0.1) is 6.92 Å². The zero-order valence-corrected chi connectivity index (χ0v) is 11.4. The number of anilines is 1. The van der Waals surface area contributed by atoms with Crippen LogP contribution in [-0.4, -0.2) is 22.6 Å². The number of hydrogen-bond acceptors (Lipinski definition) is 1. The molecule has 0 heterocycles. The summed E-state index contributed by atoms with van der Waals surface area (Å²) in [5.74, 6) is 0.289. The van der Waals surface area contributed by atoms with Gasteiger partial charge in [-0.1, -0.05) is 29.3 Å². The van der Waals surface area contributed by atoms with Crippen molar-refractivity contribution in [3.05, 3.63) is 28.8 Å². The first kappa shape index (κ1) is 14.4. The highest BCUT2D eigenvalue weighted by Crippen LogP contribution is 2.28. The van der Waals surface area contributed by atoms with Gasteiger partial charge in [0.15, 0.2) is 0 Å². The Bertz CT molecular complexity index is 412. The summed E-state index contributed by atoms with van der Waals surface area (Å²) in [4.78, 5) is 12.3. The van der Waals surface area contributed by atoms with Gasteiger partial charge in [0.05, 0.1) is 5.69 Å². The van der Waals surface area contributed by atoms with Gasteiger partial charge in [-0.2, -0.15) is 0 Å². The molecule has 1 atom stereocenters. The van der Waals surface area contributed by atoms with E-state index in [1.165, 1.54) is 0 Å². The van der Waals surface area contributed by atoms with Crippen LogP contribution in [0.3, 0.4) is 0 Å². The van der Waals surface area contributed by atoms with Crippen LogP contribution in [0.1, 0.15) is 12.0 Å². The molecule has 1 unspecified atom stereocenters. The van der Waals surface area contributed by atoms with Crippen molar-refractivity contribution in [2.45, 2.75) is 18.8 Å². The molecule has 17 heavy (non-hydrogen) atoms. The summed E-state index contributed by atoms with van der Waals surface area (Å²) in [6.45, 7) is 1.80. The lowest BCUT2D eigenvalue weighted by molar-refractivity contribution is 0.201. The third-order valence-corrected chi connectivity index (χ3v) is 3.13. The molecule has 0 aliphatic heterocycles. The molecule has 0 bridgehead atoms. The number of carbonyl (C=O) groups is 1. The predicted octanol–water partition coefficient (Wildman–Crippen LogP) is 4.33. The number of aryl methyl sites for hydroxylation is 1. The van der Waals surface area contributed by atoms with Gasteiger partial charge in [0.2, 0.25) is 0 Å². The van der Waals surface area contributed by atoms with Gasteiger partial charge in [-0.05, 0) is 31.0 Å². The maximum Gasteiger partial charge on any atom is 0.413 e. The second-order valence-corrected chi connectivity index (χ2v) is 4.81. The Morgan fingerprint density at radius 3 is 2.71 bits per heavy atom. The molecular formula is C11H12Cl3NO2. The Balaban J connectivity index is 3.13. The third kappa shape index (κ3) is 3.66. The highest BCUT2D eigenvalue weighted by Gasteiger charge is 2.24. The lowest BCUT2D eigenvalue weighted by atomic mass is 10.2. The zero-order chi connectivity index (χ0) is 13.0. The minimum absolute atomic E-state index is 0.289. The van der Waals surface area contributed by atoms with Crippen molar-refractivity contribution in [1.82, 2.24) is 0 Å². The van der Waals surface area contributed by atoms with E-state index >= 15 is 0 Å². The molecule has 0 spiro atoms. The predicted molar refractivity (Wildman–Crippen MR) is 71.7 cm³/mol. The fourth-order valence-corrected chi connectivity index (χ4v) is 2.22. The Morgan fingerprint density at radius 1 is 1.53 bits per heavy atom. The van der Waals surface area contributed by atoms with Gasteiger partial charge in [-0.3, -0.25) is 4.90 Å². The molecule has 0 saturated carbocycles. The van der Waals surface area contributed by atoms with Gasteiger partial charge in [-0.25, -0.2) is 4.79 Å². The minimum Gasteiger partial charge on any atom is -0.465 e. The smallest absolute Gasteiger partial charge is 0.413 e. The van der Waals surface area contributed by atoms with Crippen molar-refractivity contribution >= 4 is 46.6 Å². The van der Waals surface area contributed by atoms with Gasteiger partial charge < -0.3 is 5.11 Å². The number of carboxylic acid groups (broad SMARTS) is 1. The summed E-state index contributed by atoms with van der Waals surface area (Å²) in [6, 6.07) is 5.03. The van der Waals surface area contributed by atoms with E-state index in [1.807, 2.05) is 0 Å². The average molecular weight is 297 g/mol.